The highest BCUT2D eigenvalue weighted by atomic mass is 32.1. The summed E-state index contributed by atoms with van der Waals surface area (Å²) in [5, 5.41) is 12.7. The lowest BCUT2D eigenvalue weighted by molar-refractivity contribution is 0.701. The Labute approximate surface area is 361 Å². The molecule has 290 valence electrons. The molecule has 0 aliphatic heterocycles. The molecule has 3 nitrogen and oxygen atoms in total. The number of fused-ring (bicyclic) bond motifs is 12. The summed E-state index contributed by atoms with van der Waals surface area (Å²) in [5.74, 6) is 0.744. The molecule has 3 aromatic heterocycles. The number of hydrogen-bond donors (Lipinski definition) is 0. The van der Waals surface area contributed by atoms with Crippen LogP contribution in [0.5, 0.6) is 0 Å². The average Bonchev–Trinajstić information content (AvgIpc) is 3.99. The summed E-state index contributed by atoms with van der Waals surface area (Å²) in [5.41, 5.74) is 7.83. The van der Waals surface area contributed by atoms with Crippen molar-refractivity contribution in [3.05, 3.63) is 199 Å². The number of aromatic nitrogens is 1. The number of benzene rings is 9. The summed E-state index contributed by atoms with van der Waals surface area (Å²) in [6.07, 6.45) is 0.815. The zero-order chi connectivity index (χ0) is 40.6. The maximum absolute atomic E-state index is 5.62. The first-order valence-electron chi connectivity index (χ1n) is 21.0. The van der Waals surface area contributed by atoms with Crippen molar-refractivity contribution in [1.82, 2.24) is 4.57 Å². The first kappa shape index (κ1) is 36.0. The molecule has 12 rings (SSSR count). The monoisotopic (exact) mass is 817 g/mol. The Balaban J connectivity index is 1.10. The molecule has 0 N–H and O–H groups in total. The van der Waals surface area contributed by atoms with Crippen molar-refractivity contribution in [3.8, 4) is 5.69 Å². The van der Waals surface area contributed by atoms with Crippen LogP contribution >= 0.6 is 22.7 Å². The molecule has 0 saturated carbocycles. The molecule has 0 spiro atoms. The van der Waals surface area contributed by atoms with Crippen molar-refractivity contribution < 1.29 is 0 Å². The third-order valence-electron chi connectivity index (χ3n) is 12.4. The smallest absolute Gasteiger partial charge is 0.155 e. The quantitative estimate of drug-likeness (QED) is 0.118. The molecule has 3 heterocycles. The molecule has 0 aliphatic rings. The van der Waals surface area contributed by atoms with Gasteiger partial charge in [-0.15, -0.1) is 22.7 Å². The molecule has 0 saturated heterocycles. The molecule has 0 bridgehead atoms. The van der Waals surface area contributed by atoms with Gasteiger partial charge in [-0.25, -0.2) is 4.99 Å². The minimum absolute atomic E-state index is 0.143. The van der Waals surface area contributed by atoms with Crippen molar-refractivity contribution in [2.75, 3.05) is 0 Å². The highest BCUT2D eigenvalue weighted by molar-refractivity contribution is 7.27. The van der Waals surface area contributed by atoms with E-state index in [-0.39, 0.29) is 6.04 Å². The Hall–Kier alpha value is -6.92. The fraction of sp³-hybridized carbons (Fsp3) is 0.0714. The number of hydrogen-bond acceptors (Lipinski definition) is 3. The standard InChI is InChI=1S/C56H39N3S2/c1-3-47(58-56(36-16-5-4-6-17-36)57-34(2)37-26-27-44-43-22-12-14-24-51(43)60-52(44)32-37)40-31-50(54-45-28-25-35-15-9-10-20-41(35)55(45)61-53(54)33-40)59-48-23-13-11-21-42(48)46-29-38-18-7-8-19-39(38)30-49(46)59/h4-33,47H,3H2,1-2H3/b57-34+,58-56-. The topological polar surface area (TPSA) is 29.6 Å². The van der Waals surface area contributed by atoms with Crippen LogP contribution in [-0.2, 0) is 0 Å². The van der Waals surface area contributed by atoms with E-state index in [9.17, 15) is 0 Å². The minimum Gasteiger partial charge on any atom is -0.309 e. The van der Waals surface area contributed by atoms with Crippen molar-refractivity contribution in [1.29, 1.82) is 0 Å². The van der Waals surface area contributed by atoms with Crippen molar-refractivity contribution >= 4 is 118 Å². The Bertz CT molecular complexity index is 3770. The lowest BCUT2D eigenvalue weighted by Crippen LogP contribution is -2.07. The van der Waals surface area contributed by atoms with Gasteiger partial charge >= 0.3 is 0 Å². The van der Waals surface area contributed by atoms with Gasteiger partial charge in [0.25, 0.3) is 0 Å². The SMILES string of the molecule is CCC(/N=C(\N=C(/C)c1ccc2c(c1)sc1ccccc12)c1ccccc1)c1cc(-n2c3ccccc3c3cc4ccccc4cc32)c2c(c1)sc1c3ccccc3ccc12. The fourth-order valence-electron chi connectivity index (χ4n) is 9.39. The van der Waals surface area contributed by atoms with Crippen LogP contribution in [0.25, 0.3) is 89.4 Å². The summed E-state index contributed by atoms with van der Waals surface area (Å²) < 4.78 is 7.67. The molecule has 5 heteroatoms. The number of rotatable bonds is 6. The van der Waals surface area contributed by atoms with Crippen molar-refractivity contribution in [2.24, 2.45) is 9.98 Å². The van der Waals surface area contributed by atoms with Crippen LogP contribution in [0.3, 0.4) is 0 Å². The minimum atomic E-state index is -0.143. The van der Waals surface area contributed by atoms with E-state index in [1.165, 1.54) is 94.9 Å². The van der Waals surface area contributed by atoms with Gasteiger partial charge < -0.3 is 4.57 Å². The summed E-state index contributed by atoms with van der Waals surface area (Å²) >= 11 is 3.73. The lowest BCUT2D eigenvalue weighted by atomic mass is 9.99. The lowest BCUT2D eigenvalue weighted by Gasteiger charge is -2.17. The molecule has 12 aromatic rings. The average molecular weight is 818 g/mol. The van der Waals surface area contributed by atoms with Gasteiger partial charge in [0.05, 0.1) is 22.8 Å². The van der Waals surface area contributed by atoms with E-state index in [1.807, 2.05) is 22.7 Å². The molecular weight excluding hydrogens is 779 g/mol. The third-order valence-corrected chi connectivity index (χ3v) is 14.7. The molecule has 1 atom stereocenters. The zero-order valence-corrected chi connectivity index (χ0v) is 35.4. The van der Waals surface area contributed by atoms with Crippen LogP contribution in [0.4, 0.5) is 0 Å². The van der Waals surface area contributed by atoms with Gasteiger partial charge in [-0.05, 0) is 88.5 Å². The van der Waals surface area contributed by atoms with Crippen LogP contribution < -0.4 is 0 Å². The number of para-hydroxylation sites is 1. The Morgan fingerprint density at radius 3 is 2.03 bits per heavy atom. The molecule has 0 aliphatic carbocycles. The van der Waals surface area contributed by atoms with E-state index in [4.69, 9.17) is 9.98 Å². The third kappa shape index (κ3) is 5.91. The molecule has 9 aromatic carbocycles. The number of aliphatic imine (C=N–C) groups is 2. The van der Waals surface area contributed by atoms with E-state index in [1.54, 1.807) is 0 Å². The zero-order valence-electron chi connectivity index (χ0n) is 33.8. The van der Waals surface area contributed by atoms with Gasteiger partial charge in [-0.2, -0.15) is 0 Å². The fourth-order valence-corrected chi connectivity index (χ4v) is 11.8. The Morgan fingerprint density at radius 1 is 0.508 bits per heavy atom. The van der Waals surface area contributed by atoms with Crippen LogP contribution in [-0.4, -0.2) is 16.1 Å². The number of thiophene rings is 2. The van der Waals surface area contributed by atoms with Gasteiger partial charge in [0.1, 0.15) is 0 Å². The van der Waals surface area contributed by atoms with Gasteiger partial charge in [0, 0.05) is 62.4 Å². The first-order chi connectivity index (χ1) is 30.1. The predicted molar refractivity (Wildman–Crippen MR) is 266 cm³/mol. The first-order valence-corrected chi connectivity index (χ1v) is 22.6. The number of nitrogens with zero attached hydrogens (tertiary/aromatic N) is 3. The number of amidine groups is 1. The van der Waals surface area contributed by atoms with Crippen LogP contribution in [0.1, 0.15) is 43.0 Å². The van der Waals surface area contributed by atoms with E-state index in [2.05, 4.69) is 200 Å². The van der Waals surface area contributed by atoms with E-state index in [0.29, 0.717) is 0 Å². The van der Waals surface area contributed by atoms with Crippen molar-refractivity contribution in [3.63, 3.8) is 0 Å². The van der Waals surface area contributed by atoms with Crippen LogP contribution in [0.15, 0.2) is 192 Å². The van der Waals surface area contributed by atoms with Crippen LogP contribution in [0.2, 0.25) is 0 Å². The van der Waals surface area contributed by atoms with E-state index in [0.717, 1.165) is 29.1 Å². The maximum atomic E-state index is 5.62. The second-order valence-corrected chi connectivity index (χ2v) is 18.1. The van der Waals surface area contributed by atoms with Gasteiger partial charge in [0.15, 0.2) is 5.84 Å². The van der Waals surface area contributed by atoms with Gasteiger partial charge in [-0.3, -0.25) is 4.99 Å². The molecule has 0 radical (unpaired) electrons. The molecule has 1 unspecified atom stereocenters. The van der Waals surface area contributed by atoms with Crippen LogP contribution in [0, 0.1) is 0 Å². The summed E-state index contributed by atoms with van der Waals surface area (Å²) in [6.45, 7) is 4.36. The Kier molecular flexibility index (Phi) is 8.48. The molecule has 0 fully saturated rings. The Morgan fingerprint density at radius 2 is 1.20 bits per heavy atom. The maximum Gasteiger partial charge on any atom is 0.155 e. The van der Waals surface area contributed by atoms with E-state index >= 15 is 0 Å². The highest BCUT2D eigenvalue weighted by Crippen LogP contribution is 2.46. The summed E-state index contributed by atoms with van der Waals surface area (Å²) in [6, 6.07) is 66.3. The molecular formula is C56H39N3S2. The predicted octanol–water partition coefficient (Wildman–Crippen LogP) is 16.2. The summed E-state index contributed by atoms with van der Waals surface area (Å²) in [4.78, 5) is 11.0. The normalized spacial score (nSPS) is 13.3. The van der Waals surface area contributed by atoms with E-state index < -0.39 is 0 Å². The largest absolute Gasteiger partial charge is 0.309 e. The molecule has 0 amide bonds. The van der Waals surface area contributed by atoms with Gasteiger partial charge in [0.2, 0.25) is 0 Å². The highest BCUT2D eigenvalue weighted by Gasteiger charge is 2.22. The van der Waals surface area contributed by atoms with Crippen molar-refractivity contribution in [2.45, 2.75) is 26.3 Å². The van der Waals surface area contributed by atoms with Gasteiger partial charge in [-0.1, -0.05) is 146 Å². The second-order valence-electron chi connectivity index (χ2n) is 16.0. The summed E-state index contributed by atoms with van der Waals surface area (Å²) in [7, 11) is 0. The molecule has 61 heavy (non-hydrogen) atoms. The second kappa shape index (κ2) is 14.4.